The Morgan fingerprint density at radius 3 is 0.364 bits per heavy atom. The molecule has 11 heteroatoms. The minimum absolute atomic E-state index is 0. The molecule has 0 atom stereocenters. The largest absolute Gasteiger partial charge is 4.00 e. The summed E-state index contributed by atoms with van der Waals surface area (Å²) in [7, 11) is 0. The van der Waals surface area contributed by atoms with E-state index in [0.29, 0.717) is 0 Å². The van der Waals surface area contributed by atoms with Gasteiger partial charge in [0.2, 0.25) is 0 Å². The van der Waals surface area contributed by atoms with Gasteiger partial charge < -0.3 is 43.8 Å². The van der Waals surface area contributed by atoms with Gasteiger partial charge in [-0.1, -0.05) is 0 Å². The SMILES string of the molecule is [Mn+2].[Mo+4].[Ni+2].[OH-].[OH-].[OH-].[OH-].[OH-].[OH-].[OH-].[OH-]. The molecule has 0 aromatic heterocycles. The van der Waals surface area contributed by atoms with Crippen LogP contribution in [0.1, 0.15) is 0 Å². The second kappa shape index (κ2) is 643. The summed E-state index contributed by atoms with van der Waals surface area (Å²) in [5.41, 5.74) is 0. The van der Waals surface area contributed by atoms with Crippen molar-refractivity contribution in [2.45, 2.75) is 0 Å². The Labute approximate surface area is 98.2 Å². The van der Waals surface area contributed by atoms with E-state index in [0.717, 1.165) is 0 Å². The summed E-state index contributed by atoms with van der Waals surface area (Å²) >= 11 is 0. The molecule has 0 unspecified atom stereocenters. The van der Waals surface area contributed by atoms with E-state index in [1.54, 1.807) is 0 Å². The van der Waals surface area contributed by atoms with Crippen LogP contribution in [0.4, 0.5) is 0 Å². The van der Waals surface area contributed by atoms with Crippen LogP contribution in [-0.4, -0.2) is 43.8 Å². The molecule has 8 nitrogen and oxygen atoms in total. The van der Waals surface area contributed by atoms with Crippen LogP contribution in [-0.2, 0) is 54.6 Å². The van der Waals surface area contributed by atoms with Gasteiger partial charge in [-0.2, -0.15) is 0 Å². The van der Waals surface area contributed by atoms with Gasteiger partial charge in [0.1, 0.15) is 0 Å². The van der Waals surface area contributed by atoms with Crippen LogP contribution in [0.15, 0.2) is 0 Å². The van der Waals surface area contributed by atoms with E-state index in [1.165, 1.54) is 0 Å². The van der Waals surface area contributed by atoms with Crippen LogP contribution in [0, 0.1) is 0 Å². The van der Waals surface area contributed by atoms with Gasteiger partial charge in [-0.15, -0.1) is 0 Å². The molecule has 0 heterocycles. The summed E-state index contributed by atoms with van der Waals surface area (Å²) in [6.45, 7) is 0. The Morgan fingerprint density at radius 2 is 0.364 bits per heavy atom. The molecule has 11 heavy (non-hydrogen) atoms. The van der Waals surface area contributed by atoms with Crippen LogP contribution in [0.2, 0.25) is 0 Å². The smallest absolute Gasteiger partial charge is 0.870 e. The summed E-state index contributed by atoms with van der Waals surface area (Å²) in [6.07, 6.45) is 0. The molecule has 8 N–H and O–H groups in total. The normalized spacial score (nSPS) is 0. The van der Waals surface area contributed by atoms with Gasteiger partial charge in [0, 0.05) is 0 Å². The third-order valence-electron chi connectivity index (χ3n) is 0. The number of hydrogen-bond donors (Lipinski definition) is 0. The Kier molecular flexibility index (Phi) is 49100. The molecule has 0 saturated carbocycles. The van der Waals surface area contributed by atoms with E-state index in [2.05, 4.69) is 0 Å². The molecule has 0 aliphatic heterocycles. The molecular formula is H8MnMoNiO8. The average Bonchev–Trinajstić information content (AvgIpc) is 0. The molecular weight excluding hydrogens is 338 g/mol. The fourth-order valence-electron chi connectivity index (χ4n) is 0. The Balaban J connectivity index is 0. The van der Waals surface area contributed by atoms with E-state index < -0.39 is 0 Å². The van der Waals surface area contributed by atoms with Crippen molar-refractivity contribution in [2.75, 3.05) is 0 Å². The minimum atomic E-state index is 0. The quantitative estimate of drug-likeness (QED) is 0.470. The predicted octanol–water partition coefficient (Wildman–Crippen LogP) is -1.42. The van der Waals surface area contributed by atoms with Crippen molar-refractivity contribution in [3.05, 3.63) is 0 Å². The molecule has 0 saturated heterocycles. The van der Waals surface area contributed by atoms with Crippen LogP contribution < -0.4 is 0 Å². The van der Waals surface area contributed by atoms with Crippen LogP contribution in [0.25, 0.3) is 0 Å². The maximum absolute atomic E-state index is 0. The first-order valence-corrected chi connectivity index (χ1v) is 0. The maximum Gasteiger partial charge on any atom is 4.00 e. The fourth-order valence-corrected chi connectivity index (χ4v) is 0. The van der Waals surface area contributed by atoms with Gasteiger partial charge in [-0.25, -0.2) is 0 Å². The zero-order valence-electron chi connectivity index (χ0n) is 4.68. The summed E-state index contributed by atoms with van der Waals surface area (Å²) in [5, 5.41) is 0. The summed E-state index contributed by atoms with van der Waals surface area (Å²) < 4.78 is 0. The van der Waals surface area contributed by atoms with Crippen LogP contribution in [0.5, 0.6) is 0 Å². The molecule has 0 spiro atoms. The number of hydrogen-bond acceptors (Lipinski definition) is 8. The Morgan fingerprint density at radius 1 is 0.364 bits per heavy atom. The van der Waals surface area contributed by atoms with E-state index >= 15 is 0 Å². The van der Waals surface area contributed by atoms with E-state index in [-0.39, 0.29) is 98.4 Å². The van der Waals surface area contributed by atoms with Crippen molar-refractivity contribution in [3.8, 4) is 0 Å². The molecule has 0 fully saturated rings. The molecule has 0 rings (SSSR count). The van der Waals surface area contributed by atoms with Crippen LogP contribution >= 0.6 is 0 Å². The standard InChI is InChI=1S/Mn.Mo.Ni.8H2O/h;;;8*1H2/q+2;+4;+2;;;;;;;;/p-8. The number of rotatable bonds is 0. The second-order valence-electron chi connectivity index (χ2n) is 0. The molecule has 79 valence electrons. The van der Waals surface area contributed by atoms with Crippen molar-refractivity contribution >= 4 is 0 Å². The zero-order chi connectivity index (χ0) is 0. The van der Waals surface area contributed by atoms with E-state index in [4.69, 9.17) is 0 Å². The van der Waals surface area contributed by atoms with Crippen molar-refractivity contribution in [3.63, 3.8) is 0 Å². The third kappa shape index (κ3) is 525. The Bertz CT molecular complexity index is 14.1. The van der Waals surface area contributed by atoms with Gasteiger partial charge >= 0.3 is 54.6 Å². The molecule has 0 aromatic carbocycles. The van der Waals surface area contributed by atoms with Gasteiger partial charge in [-0.05, 0) is 0 Å². The fraction of sp³-hybridized carbons (Fsp3) is 0. The van der Waals surface area contributed by atoms with Crippen molar-refractivity contribution in [2.24, 2.45) is 0 Å². The zero-order valence-corrected chi connectivity index (χ0v) is 8.86. The van der Waals surface area contributed by atoms with Gasteiger partial charge in [0.25, 0.3) is 0 Å². The first-order chi connectivity index (χ1) is 0. The van der Waals surface area contributed by atoms with Gasteiger partial charge in [0.15, 0.2) is 0 Å². The summed E-state index contributed by atoms with van der Waals surface area (Å²) in [6, 6.07) is 0. The summed E-state index contributed by atoms with van der Waals surface area (Å²) in [4.78, 5) is 0. The average molecular weight is 346 g/mol. The van der Waals surface area contributed by atoms with E-state index in [9.17, 15) is 0 Å². The third-order valence-corrected chi connectivity index (χ3v) is 0. The van der Waals surface area contributed by atoms with E-state index in [1.807, 2.05) is 0 Å². The molecule has 0 aliphatic rings. The first kappa shape index (κ1) is 841. The van der Waals surface area contributed by atoms with Gasteiger partial charge in [0.05, 0.1) is 0 Å². The van der Waals surface area contributed by atoms with Gasteiger partial charge in [-0.3, -0.25) is 0 Å². The van der Waals surface area contributed by atoms with Crippen LogP contribution in [0.3, 0.4) is 0 Å². The van der Waals surface area contributed by atoms with Crippen molar-refractivity contribution in [1.82, 2.24) is 0 Å². The predicted molar refractivity (Wildman–Crippen MR) is 15.5 cm³/mol. The second-order valence-corrected chi connectivity index (χ2v) is 0. The topological polar surface area (TPSA) is 240 Å². The maximum atomic E-state index is 0. The molecule has 0 amide bonds. The molecule has 0 aliphatic carbocycles. The monoisotopic (exact) mass is 347 g/mol. The van der Waals surface area contributed by atoms with Crippen molar-refractivity contribution in [1.29, 1.82) is 0 Å². The van der Waals surface area contributed by atoms with Crippen molar-refractivity contribution < 1.29 is 98.4 Å². The molecule has 1 radical (unpaired) electrons. The molecule has 0 aromatic rings. The molecule has 0 bridgehead atoms. The summed E-state index contributed by atoms with van der Waals surface area (Å²) in [5.74, 6) is 0. The first-order valence-electron chi connectivity index (χ1n) is 0. The Hall–Kier alpha value is 1.38. The minimum Gasteiger partial charge on any atom is -0.870 e.